The number of pyridine rings is 1. The maximum Gasteiger partial charge on any atom is 0.225 e. The Kier molecular flexibility index (Phi) is 6.87. The SMILES string of the molecule is CN(Cc1cc(Nc2nc3cccnc3s2)nc(NC2CCC(O)CC2)n1)C1CCS(O)(O)C1. The van der Waals surface area contributed by atoms with Crippen molar-refractivity contribution in [2.45, 2.75) is 56.8 Å². The summed E-state index contributed by atoms with van der Waals surface area (Å²) in [5.41, 5.74) is 1.67. The number of fused-ring (bicyclic) bond motifs is 1. The van der Waals surface area contributed by atoms with Crippen LogP contribution in [0.15, 0.2) is 24.4 Å². The molecular weight excluding hydrogens is 474 g/mol. The molecule has 1 saturated carbocycles. The molecule has 0 aromatic carbocycles. The van der Waals surface area contributed by atoms with Crippen molar-refractivity contribution in [2.24, 2.45) is 0 Å². The second-order valence-corrected chi connectivity index (χ2v) is 12.5. The Morgan fingerprint density at radius 1 is 1.15 bits per heavy atom. The van der Waals surface area contributed by atoms with Gasteiger partial charge in [-0.2, -0.15) is 15.6 Å². The lowest BCUT2D eigenvalue weighted by atomic mass is 9.93. The lowest BCUT2D eigenvalue weighted by Gasteiger charge is -2.29. The van der Waals surface area contributed by atoms with Crippen molar-refractivity contribution in [1.29, 1.82) is 0 Å². The molecule has 1 atom stereocenters. The van der Waals surface area contributed by atoms with Crippen molar-refractivity contribution in [2.75, 3.05) is 29.2 Å². The fourth-order valence-electron chi connectivity index (χ4n) is 4.57. The van der Waals surface area contributed by atoms with Gasteiger partial charge in [0.1, 0.15) is 16.2 Å². The van der Waals surface area contributed by atoms with Crippen LogP contribution in [0.4, 0.5) is 16.9 Å². The summed E-state index contributed by atoms with van der Waals surface area (Å²) in [6.45, 7) is 0.566. The highest BCUT2D eigenvalue weighted by molar-refractivity contribution is 8.24. The van der Waals surface area contributed by atoms with Crippen LogP contribution >= 0.6 is 21.9 Å². The van der Waals surface area contributed by atoms with E-state index >= 15 is 0 Å². The van der Waals surface area contributed by atoms with Gasteiger partial charge >= 0.3 is 0 Å². The fraction of sp³-hybridized carbons (Fsp3) is 0.545. The average Bonchev–Trinajstić information content (AvgIpc) is 3.37. The van der Waals surface area contributed by atoms with Crippen molar-refractivity contribution in [3.63, 3.8) is 0 Å². The zero-order valence-corrected chi connectivity index (χ0v) is 20.7. The van der Waals surface area contributed by atoms with Gasteiger partial charge in [0.05, 0.1) is 17.6 Å². The molecule has 4 heterocycles. The summed E-state index contributed by atoms with van der Waals surface area (Å²) in [6.07, 6.45) is 5.60. The van der Waals surface area contributed by atoms with Crippen molar-refractivity contribution < 1.29 is 14.2 Å². The molecule has 12 heteroatoms. The van der Waals surface area contributed by atoms with Crippen LogP contribution in [-0.4, -0.2) is 75.8 Å². The zero-order valence-electron chi connectivity index (χ0n) is 19.1. The summed E-state index contributed by atoms with van der Waals surface area (Å²) >= 11 is 1.47. The minimum absolute atomic E-state index is 0.114. The van der Waals surface area contributed by atoms with E-state index in [-0.39, 0.29) is 18.2 Å². The summed E-state index contributed by atoms with van der Waals surface area (Å²) < 4.78 is 20.1. The second-order valence-electron chi connectivity index (χ2n) is 9.22. The van der Waals surface area contributed by atoms with E-state index < -0.39 is 10.6 Å². The zero-order chi connectivity index (χ0) is 23.7. The van der Waals surface area contributed by atoms with Gasteiger partial charge in [0.15, 0.2) is 5.13 Å². The first-order chi connectivity index (χ1) is 16.3. The Labute approximate surface area is 204 Å². The smallest absolute Gasteiger partial charge is 0.225 e. The van der Waals surface area contributed by atoms with Crippen LogP contribution < -0.4 is 10.6 Å². The van der Waals surface area contributed by atoms with E-state index in [2.05, 4.69) is 25.5 Å². The molecule has 0 spiro atoms. The molecule has 0 bridgehead atoms. The molecule has 1 saturated heterocycles. The van der Waals surface area contributed by atoms with Crippen LogP contribution in [0.2, 0.25) is 0 Å². The number of aliphatic hydroxyl groups excluding tert-OH is 1. The molecule has 2 aliphatic rings. The highest BCUT2D eigenvalue weighted by Crippen LogP contribution is 2.47. The molecule has 0 amide bonds. The Hall–Kier alpha value is -2.09. The Balaban J connectivity index is 1.36. The van der Waals surface area contributed by atoms with Gasteiger partial charge in [0, 0.05) is 36.6 Å². The molecule has 0 radical (unpaired) electrons. The van der Waals surface area contributed by atoms with Gasteiger partial charge in [0.2, 0.25) is 5.95 Å². The highest BCUT2D eigenvalue weighted by Gasteiger charge is 2.31. The predicted octanol–water partition coefficient (Wildman–Crippen LogP) is 3.90. The number of thiazole rings is 1. The van der Waals surface area contributed by atoms with E-state index in [1.54, 1.807) is 6.20 Å². The van der Waals surface area contributed by atoms with Gasteiger partial charge < -0.3 is 15.7 Å². The molecule has 10 nitrogen and oxygen atoms in total. The maximum atomic E-state index is 10.0. The number of rotatable bonds is 7. The number of nitrogens with zero attached hydrogens (tertiary/aromatic N) is 5. The van der Waals surface area contributed by atoms with Gasteiger partial charge in [-0.1, -0.05) is 11.3 Å². The van der Waals surface area contributed by atoms with Crippen LogP contribution in [0.25, 0.3) is 10.3 Å². The highest BCUT2D eigenvalue weighted by atomic mass is 32.3. The summed E-state index contributed by atoms with van der Waals surface area (Å²) in [4.78, 5) is 21.4. The van der Waals surface area contributed by atoms with Gasteiger partial charge in [0.25, 0.3) is 0 Å². The number of aliphatic hydroxyl groups is 1. The van der Waals surface area contributed by atoms with Crippen LogP contribution in [0.3, 0.4) is 0 Å². The molecule has 34 heavy (non-hydrogen) atoms. The predicted molar refractivity (Wildman–Crippen MR) is 137 cm³/mol. The minimum Gasteiger partial charge on any atom is -0.393 e. The van der Waals surface area contributed by atoms with E-state index in [1.807, 2.05) is 25.2 Å². The van der Waals surface area contributed by atoms with E-state index in [9.17, 15) is 14.2 Å². The topological polar surface area (TPSA) is 140 Å². The Bertz CT molecular complexity index is 1100. The standard InChI is InChI=1S/C22H31N7O3S2/c1-29(16-8-10-34(31,32)13-16)12-15-11-19(28-22-26-18-3-2-9-23-20(18)33-22)27-21(25-15)24-14-4-6-17(30)7-5-14/h2-3,9,11,14,16-17,30-32H,4-8,10,12-13H2,1H3,(H2,24,25,26,27,28). The van der Waals surface area contributed by atoms with Crippen molar-refractivity contribution >= 4 is 49.2 Å². The number of hydrogen-bond acceptors (Lipinski definition) is 11. The number of aromatic nitrogens is 4. The molecule has 5 rings (SSSR count). The molecule has 1 unspecified atom stereocenters. The molecule has 1 aliphatic carbocycles. The van der Waals surface area contributed by atoms with Gasteiger partial charge in [-0.05, 0) is 51.3 Å². The molecule has 1 aliphatic heterocycles. The van der Waals surface area contributed by atoms with E-state index in [0.717, 1.165) is 48.1 Å². The molecular formula is C22H31N7O3S2. The number of hydrogen-bond donors (Lipinski definition) is 5. The molecule has 3 aromatic rings. The van der Waals surface area contributed by atoms with E-state index in [4.69, 9.17) is 9.97 Å². The van der Waals surface area contributed by atoms with Crippen LogP contribution in [0.5, 0.6) is 0 Å². The summed E-state index contributed by atoms with van der Waals surface area (Å²) in [7, 11) is -0.463. The maximum absolute atomic E-state index is 10.0. The average molecular weight is 506 g/mol. The Morgan fingerprint density at radius 3 is 2.71 bits per heavy atom. The minimum atomic E-state index is -2.46. The lowest BCUT2D eigenvalue weighted by molar-refractivity contribution is 0.126. The van der Waals surface area contributed by atoms with Crippen LogP contribution in [0, 0.1) is 0 Å². The van der Waals surface area contributed by atoms with Crippen molar-refractivity contribution in [3.8, 4) is 0 Å². The van der Waals surface area contributed by atoms with Crippen LogP contribution in [-0.2, 0) is 6.54 Å². The summed E-state index contributed by atoms with van der Waals surface area (Å²) in [5, 5.41) is 17.3. The van der Waals surface area contributed by atoms with Crippen LogP contribution in [0.1, 0.15) is 37.8 Å². The lowest BCUT2D eigenvalue weighted by Crippen LogP contribution is -2.32. The third-order valence-corrected chi connectivity index (χ3v) is 9.19. The third-order valence-electron chi connectivity index (χ3n) is 6.48. The van der Waals surface area contributed by atoms with Gasteiger partial charge in [-0.3, -0.25) is 14.0 Å². The van der Waals surface area contributed by atoms with Gasteiger partial charge in [-0.15, -0.1) is 0 Å². The second kappa shape index (κ2) is 9.88. The fourth-order valence-corrected chi connectivity index (χ4v) is 7.24. The van der Waals surface area contributed by atoms with Crippen molar-refractivity contribution in [3.05, 3.63) is 30.1 Å². The summed E-state index contributed by atoms with van der Waals surface area (Å²) in [5.74, 6) is 2.06. The normalized spacial score (nSPS) is 25.5. The van der Waals surface area contributed by atoms with E-state index in [1.165, 1.54) is 11.3 Å². The first-order valence-corrected chi connectivity index (χ1v) is 14.3. The van der Waals surface area contributed by atoms with Gasteiger partial charge in [-0.25, -0.2) is 15.0 Å². The first-order valence-electron chi connectivity index (χ1n) is 11.6. The third kappa shape index (κ3) is 5.75. The molecule has 5 N–H and O–H groups in total. The monoisotopic (exact) mass is 505 g/mol. The molecule has 2 fully saturated rings. The summed E-state index contributed by atoms with van der Waals surface area (Å²) in [6, 6.07) is 6.05. The number of anilines is 3. The quantitative estimate of drug-likeness (QED) is 0.321. The number of nitrogens with one attached hydrogen (secondary N) is 2. The largest absolute Gasteiger partial charge is 0.393 e. The Morgan fingerprint density at radius 2 is 1.97 bits per heavy atom. The molecule has 3 aromatic heterocycles. The van der Waals surface area contributed by atoms with E-state index in [0.29, 0.717) is 34.9 Å². The molecule has 184 valence electrons. The van der Waals surface area contributed by atoms with Crippen molar-refractivity contribution in [1.82, 2.24) is 24.8 Å². The first kappa shape index (κ1) is 23.6.